The van der Waals surface area contributed by atoms with Crippen molar-refractivity contribution < 1.29 is 24.2 Å². The van der Waals surface area contributed by atoms with Crippen LogP contribution >= 0.6 is 11.8 Å². The average Bonchev–Trinajstić information content (AvgIpc) is 2.44. The van der Waals surface area contributed by atoms with E-state index in [0.717, 1.165) is 45.5 Å². The molecule has 1 spiro atoms. The maximum absolute atomic E-state index is 11.1. The van der Waals surface area contributed by atoms with Crippen LogP contribution < -0.4 is 5.32 Å². The highest BCUT2D eigenvalue weighted by molar-refractivity contribution is 8.00. The third-order valence-corrected chi connectivity index (χ3v) is 5.43. The van der Waals surface area contributed by atoms with Crippen molar-refractivity contribution in [3.8, 4) is 0 Å². The Morgan fingerprint density at radius 1 is 1.38 bits per heavy atom. The number of rotatable bonds is 5. The Hall–Kier alpha value is -0.790. The van der Waals surface area contributed by atoms with E-state index in [9.17, 15) is 9.59 Å². The molecule has 21 heavy (non-hydrogen) atoms. The van der Waals surface area contributed by atoms with Gasteiger partial charge in [0.15, 0.2) is 0 Å². The molecule has 0 saturated carbocycles. The van der Waals surface area contributed by atoms with Crippen molar-refractivity contribution in [1.82, 2.24) is 5.32 Å². The maximum Gasteiger partial charge on any atom is 0.327 e. The highest BCUT2D eigenvalue weighted by atomic mass is 32.2. The van der Waals surface area contributed by atoms with Crippen molar-refractivity contribution >= 4 is 23.6 Å². The van der Waals surface area contributed by atoms with Gasteiger partial charge in [-0.3, -0.25) is 4.79 Å². The van der Waals surface area contributed by atoms with E-state index in [0.29, 0.717) is 11.0 Å². The van der Waals surface area contributed by atoms with Gasteiger partial charge in [-0.1, -0.05) is 0 Å². The third-order valence-electron chi connectivity index (χ3n) is 4.03. The monoisotopic (exact) mass is 317 g/mol. The zero-order valence-corrected chi connectivity index (χ0v) is 13.1. The van der Waals surface area contributed by atoms with E-state index in [-0.39, 0.29) is 11.5 Å². The molecule has 0 aromatic heterocycles. The number of nitrogens with one attached hydrogen (secondary N) is 1. The average molecular weight is 317 g/mol. The van der Waals surface area contributed by atoms with Gasteiger partial charge in [0.2, 0.25) is 5.91 Å². The molecule has 2 unspecified atom stereocenters. The zero-order valence-electron chi connectivity index (χ0n) is 12.3. The molecule has 2 saturated heterocycles. The Morgan fingerprint density at radius 3 is 2.71 bits per heavy atom. The summed E-state index contributed by atoms with van der Waals surface area (Å²) in [6.07, 6.45) is 3.70. The lowest BCUT2D eigenvalue weighted by molar-refractivity contribution is -0.140. The van der Waals surface area contributed by atoms with Crippen molar-refractivity contribution in [1.29, 1.82) is 0 Å². The predicted octanol–water partition coefficient (Wildman–Crippen LogP) is 1.04. The molecule has 0 aromatic rings. The number of thioether (sulfide) groups is 1. The third kappa shape index (κ3) is 4.86. The number of hydrogen-bond acceptors (Lipinski definition) is 5. The van der Waals surface area contributed by atoms with E-state index in [1.54, 1.807) is 11.8 Å². The van der Waals surface area contributed by atoms with Gasteiger partial charge < -0.3 is 19.9 Å². The summed E-state index contributed by atoms with van der Waals surface area (Å²) in [5, 5.41) is 12.0. The van der Waals surface area contributed by atoms with Crippen molar-refractivity contribution in [2.75, 3.05) is 25.6 Å². The lowest BCUT2D eigenvalue weighted by Crippen LogP contribution is -2.46. The molecule has 0 radical (unpaired) electrons. The summed E-state index contributed by atoms with van der Waals surface area (Å²) in [6.45, 7) is 3.53. The Morgan fingerprint density at radius 2 is 2.10 bits per heavy atom. The summed E-state index contributed by atoms with van der Waals surface area (Å²) in [5.74, 6) is -0.895. The number of ether oxygens (including phenoxy) is 2. The van der Waals surface area contributed by atoms with E-state index in [1.165, 1.54) is 6.92 Å². The van der Waals surface area contributed by atoms with Crippen LogP contribution in [0, 0.1) is 0 Å². The summed E-state index contributed by atoms with van der Waals surface area (Å²) < 4.78 is 11.4. The molecule has 1 amide bonds. The fourth-order valence-corrected chi connectivity index (χ4v) is 4.24. The molecule has 2 rings (SSSR count). The van der Waals surface area contributed by atoms with Crippen molar-refractivity contribution in [2.45, 2.75) is 49.5 Å². The minimum atomic E-state index is -0.981. The van der Waals surface area contributed by atoms with Crippen LogP contribution in [0.2, 0.25) is 0 Å². The van der Waals surface area contributed by atoms with Crippen LogP contribution in [0.4, 0.5) is 0 Å². The molecule has 2 fully saturated rings. The van der Waals surface area contributed by atoms with Gasteiger partial charge in [0.25, 0.3) is 0 Å². The molecular weight excluding hydrogens is 294 g/mol. The lowest BCUT2D eigenvalue weighted by Gasteiger charge is -2.43. The molecule has 2 atom stereocenters. The fourth-order valence-electron chi connectivity index (χ4n) is 2.87. The smallest absolute Gasteiger partial charge is 0.327 e. The molecule has 0 aliphatic carbocycles. The number of carbonyl (C=O) groups excluding carboxylic acids is 1. The topological polar surface area (TPSA) is 84.9 Å². The number of hydrogen-bond donors (Lipinski definition) is 2. The Kier molecular flexibility index (Phi) is 5.89. The van der Waals surface area contributed by atoms with Crippen LogP contribution in [0.15, 0.2) is 0 Å². The maximum atomic E-state index is 11.1. The second kappa shape index (κ2) is 7.47. The van der Waals surface area contributed by atoms with Crippen molar-refractivity contribution in [3.05, 3.63) is 0 Å². The van der Waals surface area contributed by atoms with Crippen molar-refractivity contribution in [3.63, 3.8) is 0 Å². The van der Waals surface area contributed by atoms with E-state index in [2.05, 4.69) is 5.32 Å². The molecule has 6 nitrogen and oxygen atoms in total. The van der Waals surface area contributed by atoms with Gasteiger partial charge in [-0.15, -0.1) is 0 Å². The quantitative estimate of drug-likeness (QED) is 0.788. The molecule has 2 aliphatic rings. The summed E-state index contributed by atoms with van der Waals surface area (Å²) in [6, 6.07) is -0.819. The first-order valence-electron chi connectivity index (χ1n) is 7.34. The zero-order chi connectivity index (χ0) is 15.3. The lowest BCUT2D eigenvalue weighted by atomic mass is 9.86. The van der Waals surface area contributed by atoms with Crippen LogP contribution in [0.3, 0.4) is 0 Å². The SMILES string of the molecule is CC(=O)NC(CSC1CCOC2(CCOCC2)C1)C(=O)O. The highest BCUT2D eigenvalue weighted by Gasteiger charge is 2.39. The summed E-state index contributed by atoms with van der Waals surface area (Å²) in [7, 11) is 0. The van der Waals surface area contributed by atoms with Crippen LogP contribution in [-0.2, 0) is 19.1 Å². The van der Waals surface area contributed by atoms with E-state index < -0.39 is 12.0 Å². The Labute approximate surface area is 128 Å². The Balaban J connectivity index is 1.84. The van der Waals surface area contributed by atoms with E-state index in [1.807, 2.05) is 0 Å². The van der Waals surface area contributed by atoms with Gasteiger partial charge in [0.05, 0.1) is 5.60 Å². The number of aliphatic carboxylic acids is 1. The molecule has 0 bridgehead atoms. The highest BCUT2D eigenvalue weighted by Crippen LogP contribution is 2.38. The Bertz CT molecular complexity index is 378. The number of carboxylic acids is 1. The van der Waals surface area contributed by atoms with Gasteiger partial charge in [0.1, 0.15) is 6.04 Å². The molecular formula is C14H23NO5S. The number of amides is 1. The van der Waals surface area contributed by atoms with Gasteiger partial charge in [-0.2, -0.15) is 11.8 Å². The van der Waals surface area contributed by atoms with Gasteiger partial charge in [-0.25, -0.2) is 4.79 Å². The summed E-state index contributed by atoms with van der Waals surface area (Å²) >= 11 is 1.63. The van der Waals surface area contributed by atoms with Gasteiger partial charge in [0, 0.05) is 37.7 Å². The van der Waals surface area contributed by atoms with Crippen LogP contribution in [0.25, 0.3) is 0 Å². The molecule has 2 aliphatic heterocycles. The molecule has 0 aromatic carbocycles. The summed E-state index contributed by atoms with van der Waals surface area (Å²) in [4.78, 5) is 22.2. The number of carbonyl (C=O) groups is 2. The normalized spacial score (nSPS) is 26.2. The molecule has 2 N–H and O–H groups in total. The van der Waals surface area contributed by atoms with E-state index in [4.69, 9.17) is 14.6 Å². The second-order valence-corrected chi connectivity index (χ2v) is 7.02. The van der Waals surface area contributed by atoms with E-state index >= 15 is 0 Å². The predicted molar refractivity (Wildman–Crippen MR) is 79.5 cm³/mol. The van der Waals surface area contributed by atoms with Gasteiger partial charge >= 0.3 is 5.97 Å². The van der Waals surface area contributed by atoms with Crippen molar-refractivity contribution in [2.24, 2.45) is 0 Å². The first-order chi connectivity index (χ1) is 10.0. The number of carboxylic acid groups (broad SMARTS) is 1. The largest absolute Gasteiger partial charge is 0.480 e. The molecule has 120 valence electrons. The van der Waals surface area contributed by atoms with Crippen LogP contribution in [0.1, 0.15) is 32.6 Å². The van der Waals surface area contributed by atoms with Gasteiger partial charge in [-0.05, 0) is 25.7 Å². The standard InChI is InChI=1S/C14H23NO5S/c1-10(16)15-12(13(17)18)9-21-11-2-5-20-14(8-11)3-6-19-7-4-14/h11-12H,2-9H2,1H3,(H,15,16)(H,17,18). The molecule has 2 heterocycles. The minimum absolute atomic E-state index is 0.0824. The summed E-state index contributed by atoms with van der Waals surface area (Å²) in [5.41, 5.74) is -0.0824. The van der Waals surface area contributed by atoms with Crippen LogP contribution in [0.5, 0.6) is 0 Å². The molecule has 7 heteroatoms. The fraction of sp³-hybridized carbons (Fsp3) is 0.857. The first-order valence-corrected chi connectivity index (χ1v) is 8.39. The minimum Gasteiger partial charge on any atom is -0.480 e. The second-order valence-electron chi connectivity index (χ2n) is 5.68. The van der Waals surface area contributed by atoms with Crippen LogP contribution in [-0.4, -0.2) is 59.4 Å². The first kappa shape index (κ1) is 16.6.